The molecule has 0 saturated carbocycles. The fourth-order valence-electron chi connectivity index (χ4n) is 3.09. The van der Waals surface area contributed by atoms with Crippen LogP contribution in [0.3, 0.4) is 0 Å². The number of carboxylic acid groups (broad SMARTS) is 1. The molecule has 1 N–H and O–H groups in total. The Morgan fingerprint density at radius 3 is 2.71 bits per heavy atom. The van der Waals surface area contributed by atoms with Gasteiger partial charge < -0.3 is 19.5 Å². The molecule has 10 nitrogen and oxygen atoms in total. The van der Waals surface area contributed by atoms with Crippen LogP contribution in [0.25, 0.3) is 16.7 Å². The number of fused-ring (bicyclic) bond motifs is 1. The van der Waals surface area contributed by atoms with Crippen LogP contribution in [-0.4, -0.2) is 67.1 Å². The molecule has 0 aliphatic carbocycles. The molecule has 4 heterocycles. The number of piperidine rings is 1. The van der Waals surface area contributed by atoms with Crippen molar-refractivity contribution in [3.8, 4) is 17.4 Å². The lowest BCUT2D eigenvalue weighted by Gasteiger charge is -2.29. The van der Waals surface area contributed by atoms with Crippen molar-refractivity contribution in [2.24, 2.45) is 0 Å². The van der Waals surface area contributed by atoms with Crippen LogP contribution in [0.1, 0.15) is 12.8 Å². The van der Waals surface area contributed by atoms with E-state index in [-0.39, 0.29) is 17.7 Å². The Labute approximate surface area is 158 Å². The number of nitrogens with zero attached hydrogens (tertiary/aromatic N) is 6. The first-order valence-corrected chi connectivity index (χ1v) is 8.60. The number of rotatable bonds is 4. The molecule has 1 amide bonds. The van der Waals surface area contributed by atoms with Crippen molar-refractivity contribution < 1.29 is 23.8 Å². The normalized spacial score (nSPS) is 15.0. The van der Waals surface area contributed by atoms with Gasteiger partial charge in [0.1, 0.15) is 23.5 Å². The highest BCUT2D eigenvalue weighted by atomic mass is 19.1. The zero-order valence-electron chi connectivity index (χ0n) is 14.9. The Kier molecular flexibility index (Phi) is 4.63. The summed E-state index contributed by atoms with van der Waals surface area (Å²) in [6.07, 6.45) is 4.14. The highest BCUT2D eigenvalue weighted by molar-refractivity contribution is 5.81. The zero-order valence-corrected chi connectivity index (χ0v) is 14.9. The minimum atomic E-state index is -0.931. The number of carbonyl (C=O) groups is 1. The van der Waals surface area contributed by atoms with Gasteiger partial charge in [-0.1, -0.05) is 0 Å². The average molecular weight is 388 g/mol. The van der Waals surface area contributed by atoms with E-state index in [9.17, 15) is 9.18 Å². The van der Waals surface area contributed by atoms with Crippen LogP contribution in [0.15, 0.2) is 24.8 Å². The standard InChI is InChI=1S/C17H17FN6O4/c1-27-14-6-12(18)13(8-19-14)24-15-11(7-22-24)16(21-9-20-15)28-10-2-4-23(5-3-10)17(25)26/h6-10H,2-5H2,1H3,(H,25,26). The lowest BCUT2D eigenvalue weighted by Crippen LogP contribution is -2.41. The summed E-state index contributed by atoms with van der Waals surface area (Å²) in [4.78, 5) is 24.7. The molecule has 1 saturated heterocycles. The van der Waals surface area contributed by atoms with Crippen LogP contribution < -0.4 is 9.47 Å². The molecular formula is C17H17FN6O4. The minimum Gasteiger partial charge on any atom is -0.481 e. The number of pyridine rings is 1. The third kappa shape index (κ3) is 3.26. The Morgan fingerprint density at radius 1 is 1.25 bits per heavy atom. The molecule has 1 aliphatic rings. The molecule has 0 atom stereocenters. The van der Waals surface area contributed by atoms with Crippen LogP contribution in [0, 0.1) is 5.82 Å². The van der Waals surface area contributed by atoms with Gasteiger partial charge in [0, 0.05) is 32.0 Å². The van der Waals surface area contributed by atoms with E-state index in [4.69, 9.17) is 14.6 Å². The zero-order chi connectivity index (χ0) is 19.7. The van der Waals surface area contributed by atoms with Gasteiger partial charge in [-0.05, 0) is 0 Å². The third-order valence-electron chi connectivity index (χ3n) is 4.57. The first kappa shape index (κ1) is 17.9. The molecule has 28 heavy (non-hydrogen) atoms. The summed E-state index contributed by atoms with van der Waals surface area (Å²) in [6.45, 7) is 0.798. The van der Waals surface area contributed by atoms with E-state index in [1.165, 1.54) is 35.4 Å². The highest BCUT2D eigenvalue weighted by Gasteiger charge is 2.25. The summed E-state index contributed by atoms with van der Waals surface area (Å²) in [7, 11) is 1.41. The summed E-state index contributed by atoms with van der Waals surface area (Å²) >= 11 is 0. The molecule has 1 fully saturated rings. The van der Waals surface area contributed by atoms with Gasteiger partial charge in [-0.15, -0.1) is 0 Å². The van der Waals surface area contributed by atoms with Crippen molar-refractivity contribution in [2.45, 2.75) is 18.9 Å². The van der Waals surface area contributed by atoms with Crippen molar-refractivity contribution in [3.05, 3.63) is 30.6 Å². The van der Waals surface area contributed by atoms with Gasteiger partial charge in [-0.25, -0.2) is 28.8 Å². The molecule has 0 radical (unpaired) electrons. The molecule has 0 aromatic carbocycles. The minimum absolute atomic E-state index is 0.121. The van der Waals surface area contributed by atoms with E-state index >= 15 is 0 Å². The van der Waals surface area contributed by atoms with Crippen LogP contribution in [0.4, 0.5) is 9.18 Å². The van der Waals surface area contributed by atoms with E-state index < -0.39 is 11.9 Å². The van der Waals surface area contributed by atoms with Crippen molar-refractivity contribution >= 4 is 17.1 Å². The fraction of sp³-hybridized carbons (Fsp3) is 0.353. The van der Waals surface area contributed by atoms with Crippen molar-refractivity contribution in [2.75, 3.05) is 20.2 Å². The van der Waals surface area contributed by atoms with E-state index in [0.29, 0.717) is 42.8 Å². The summed E-state index contributed by atoms with van der Waals surface area (Å²) in [5.74, 6) is -0.0741. The molecule has 4 rings (SSSR count). The van der Waals surface area contributed by atoms with Gasteiger partial charge in [-0.2, -0.15) is 5.10 Å². The van der Waals surface area contributed by atoms with E-state index in [2.05, 4.69) is 20.1 Å². The molecule has 3 aromatic heterocycles. The number of likely N-dealkylation sites (tertiary alicyclic amines) is 1. The fourth-order valence-corrected chi connectivity index (χ4v) is 3.09. The molecule has 3 aromatic rings. The molecule has 1 aliphatic heterocycles. The molecule has 0 bridgehead atoms. The van der Waals surface area contributed by atoms with Crippen LogP contribution in [0.5, 0.6) is 11.8 Å². The Hall–Kier alpha value is -3.50. The van der Waals surface area contributed by atoms with Crippen LogP contribution in [-0.2, 0) is 0 Å². The number of methoxy groups -OCH3 is 1. The van der Waals surface area contributed by atoms with Gasteiger partial charge in [0.05, 0.1) is 19.5 Å². The van der Waals surface area contributed by atoms with E-state index in [1.54, 1.807) is 0 Å². The lowest BCUT2D eigenvalue weighted by atomic mass is 10.1. The Balaban J connectivity index is 1.60. The van der Waals surface area contributed by atoms with E-state index in [1.807, 2.05) is 0 Å². The largest absolute Gasteiger partial charge is 0.481 e. The summed E-state index contributed by atoms with van der Waals surface area (Å²) < 4.78 is 26.6. The number of hydrogen-bond donors (Lipinski definition) is 1. The van der Waals surface area contributed by atoms with Gasteiger partial charge in [-0.3, -0.25) is 0 Å². The maximum Gasteiger partial charge on any atom is 0.407 e. The second kappa shape index (κ2) is 7.25. The number of halogens is 1. The van der Waals surface area contributed by atoms with Gasteiger partial charge in [0.15, 0.2) is 11.5 Å². The Morgan fingerprint density at radius 2 is 2.04 bits per heavy atom. The predicted octanol–water partition coefficient (Wildman–Crippen LogP) is 1.88. The maximum absolute atomic E-state index is 14.4. The predicted molar refractivity (Wildman–Crippen MR) is 94.2 cm³/mol. The van der Waals surface area contributed by atoms with Gasteiger partial charge in [0.2, 0.25) is 11.8 Å². The maximum atomic E-state index is 14.4. The summed E-state index contributed by atoms with van der Waals surface area (Å²) in [5, 5.41) is 13.8. The molecule has 0 unspecified atom stereocenters. The number of hydrogen-bond acceptors (Lipinski definition) is 7. The SMILES string of the molecule is COc1cc(F)c(-n2ncc3c(OC4CCN(C(=O)O)CC4)ncnc32)cn1. The van der Waals surface area contributed by atoms with Gasteiger partial charge in [0.25, 0.3) is 0 Å². The van der Waals surface area contributed by atoms with Crippen molar-refractivity contribution in [3.63, 3.8) is 0 Å². The second-order valence-electron chi connectivity index (χ2n) is 6.24. The lowest BCUT2D eigenvalue weighted by molar-refractivity contribution is 0.0879. The van der Waals surface area contributed by atoms with Crippen LogP contribution >= 0.6 is 0 Å². The van der Waals surface area contributed by atoms with Crippen molar-refractivity contribution in [1.82, 2.24) is 29.6 Å². The first-order valence-electron chi connectivity index (χ1n) is 8.60. The second-order valence-corrected chi connectivity index (χ2v) is 6.24. The first-order chi connectivity index (χ1) is 13.6. The van der Waals surface area contributed by atoms with Crippen LogP contribution in [0.2, 0.25) is 0 Å². The molecule has 0 spiro atoms. The average Bonchev–Trinajstić information content (AvgIpc) is 3.13. The quantitative estimate of drug-likeness (QED) is 0.720. The number of aromatic nitrogens is 5. The topological polar surface area (TPSA) is 115 Å². The smallest absolute Gasteiger partial charge is 0.407 e. The molecule has 146 valence electrons. The number of ether oxygens (including phenoxy) is 2. The third-order valence-corrected chi connectivity index (χ3v) is 4.57. The monoisotopic (exact) mass is 388 g/mol. The highest BCUT2D eigenvalue weighted by Crippen LogP contribution is 2.27. The summed E-state index contributed by atoms with van der Waals surface area (Å²) in [6, 6.07) is 1.16. The van der Waals surface area contributed by atoms with E-state index in [0.717, 1.165) is 6.07 Å². The van der Waals surface area contributed by atoms with Crippen molar-refractivity contribution in [1.29, 1.82) is 0 Å². The summed E-state index contributed by atoms with van der Waals surface area (Å²) in [5.41, 5.74) is 0.494. The number of amides is 1. The molecule has 11 heteroatoms. The molecular weight excluding hydrogens is 371 g/mol. The van der Waals surface area contributed by atoms with Gasteiger partial charge >= 0.3 is 6.09 Å². The Bertz CT molecular complexity index is 1020.